The van der Waals surface area contributed by atoms with Gasteiger partial charge in [0.2, 0.25) is 0 Å². The predicted molar refractivity (Wildman–Crippen MR) is 77.5 cm³/mol. The molecule has 2 unspecified atom stereocenters. The van der Waals surface area contributed by atoms with E-state index >= 15 is 0 Å². The lowest BCUT2D eigenvalue weighted by atomic mass is 10.2. The van der Waals surface area contributed by atoms with Gasteiger partial charge in [-0.1, -0.05) is 19.1 Å². The third-order valence-electron chi connectivity index (χ3n) is 3.24. The first-order valence-corrected chi connectivity index (χ1v) is 8.67. The van der Waals surface area contributed by atoms with E-state index in [1.807, 2.05) is 12.1 Å². The summed E-state index contributed by atoms with van der Waals surface area (Å²) in [7, 11) is -3.17. The highest BCUT2D eigenvalue weighted by molar-refractivity contribution is 7.91. The van der Waals surface area contributed by atoms with Crippen molar-refractivity contribution in [2.75, 3.05) is 18.1 Å². The van der Waals surface area contributed by atoms with Crippen LogP contribution in [-0.2, 0) is 16.4 Å². The van der Waals surface area contributed by atoms with Crippen molar-refractivity contribution in [1.82, 2.24) is 5.32 Å². The molecule has 1 fully saturated rings. The minimum atomic E-state index is -3.17. The monoisotopic (exact) mass is 299 g/mol. The first-order chi connectivity index (χ1) is 9.50. The second-order valence-corrected chi connectivity index (χ2v) is 7.28. The molecule has 1 aliphatic rings. The third kappa shape index (κ3) is 4.19. The first-order valence-electron chi connectivity index (χ1n) is 6.85. The van der Waals surface area contributed by atoms with E-state index in [-0.39, 0.29) is 11.5 Å². The Morgan fingerprint density at radius 2 is 2.00 bits per heavy atom. The summed E-state index contributed by atoms with van der Waals surface area (Å²) >= 11 is 0. The molecule has 1 aliphatic heterocycles. The van der Waals surface area contributed by atoms with E-state index in [0.717, 1.165) is 25.1 Å². The van der Waals surface area contributed by atoms with Crippen LogP contribution in [0.25, 0.3) is 0 Å². The Hall–Kier alpha value is -1.11. The van der Waals surface area contributed by atoms with E-state index in [2.05, 4.69) is 12.2 Å². The Labute approximate surface area is 119 Å². The van der Waals surface area contributed by atoms with Crippen molar-refractivity contribution in [3.63, 3.8) is 0 Å². The van der Waals surface area contributed by atoms with Gasteiger partial charge in [0, 0.05) is 6.54 Å². The standard InChI is InChI=1S/C14H21NO4S/c1-2-7-15-8-11-3-5-12(6-4-11)19-14-10-20(17,18)9-13(14)16/h3-6,13-16H,2,7-10H2,1H3. The van der Waals surface area contributed by atoms with Crippen LogP contribution < -0.4 is 10.1 Å². The molecule has 2 rings (SSSR count). The summed E-state index contributed by atoms with van der Waals surface area (Å²) in [6, 6.07) is 7.49. The first kappa shape index (κ1) is 15.3. The second-order valence-electron chi connectivity index (χ2n) is 5.12. The topological polar surface area (TPSA) is 75.6 Å². The molecule has 2 N–H and O–H groups in total. The van der Waals surface area contributed by atoms with Crippen LogP contribution in [0.1, 0.15) is 18.9 Å². The predicted octanol–water partition coefficient (Wildman–Crippen LogP) is 0.723. The Balaban J connectivity index is 1.91. The molecule has 1 aromatic rings. The smallest absolute Gasteiger partial charge is 0.156 e. The maximum Gasteiger partial charge on any atom is 0.156 e. The van der Waals surface area contributed by atoms with E-state index in [4.69, 9.17) is 4.74 Å². The summed E-state index contributed by atoms with van der Waals surface area (Å²) in [5.74, 6) is 0.260. The fourth-order valence-corrected chi connectivity index (χ4v) is 3.84. The van der Waals surface area contributed by atoms with Crippen LogP contribution >= 0.6 is 0 Å². The minimum Gasteiger partial charge on any atom is -0.487 e. The van der Waals surface area contributed by atoms with E-state index in [9.17, 15) is 13.5 Å². The molecule has 0 aliphatic carbocycles. The molecule has 1 heterocycles. The van der Waals surface area contributed by atoms with Gasteiger partial charge in [-0.05, 0) is 30.7 Å². The van der Waals surface area contributed by atoms with Gasteiger partial charge in [-0.2, -0.15) is 0 Å². The van der Waals surface area contributed by atoms with Gasteiger partial charge in [0.05, 0.1) is 11.5 Å². The molecule has 1 saturated heterocycles. The fraction of sp³-hybridized carbons (Fsp3) is 0.571. The van der Waals surface area contributed by atoms with Gasteiger partial charge >= 0.3 is 0 Å². The lowest BCUT2D eigenvalue weighted by molar-refractivity contribution is 0.0738. The zero-order valence-corrected chi connectivity index (χ0v) is 12.4. The van der Waals surface area contributed by atoms with Crippen molar-refractivity contribution in [2.45, 2.75) is 32.1 Å². The van der Waals surface area contributed by atoms with Gasteiger partial charge in [-0.3, -0.25) is 0 Å². The molecule has 0 radical (unpaired) electrons. The highest BCUT2D eigenvalue weighted by Gasteiger charge is 2.38. The van der Waals surface area contributed by atoms with E-state index in [1.54, 1.807) is 12.1 Å². The molecule has 0 aromatic heterocycles. The van der Waals surface area contributed by atoms with Crippen molar-refractivity contribution in [1.29, 1.82) is 0 Å². The van der Waals surface area contributed by atoms with Crippen LogP contribution in [0, 0.1) is 0 Å². The van der Waals surface area contributed by atoms with Crippen LogP contribution in [0.2, 0.25) is 0 Å². The van der Waals surface area contributed by atoms with Crippen molar-refractivity contribution < 1.29 is 18.3 Å². The van der Waals surface area contributed by atoms with Gasteiger partial charge in [0.1, 0.15) is 18.0 Å². The fourth-order valence-electron chi connectivity index (χ4n) is 2.18. The van der Waals surface area contributed by atoms with Crippen LogP contribution in [0.5, 0.6) is 5.75 Å². The molecular weight excluding hydrogens is 278 g/mol. The number of nitrogens with one attached hydrogen (secondary N) is 1. The number of hydrogen-bond donors (Lipinski definition) is 2. The van der Waals surface area contributed by atoms with Gasteiger partial charge in [-0.15, -0.1) is 0 Å². The lowest BCUT2D eigenvalue weighted by Crippen LogP contribution is -2.29. The largest absolute Gasteiger partial charge is 0.487 e. The molecule has 20 heavy (non-hydrogen) atoms. The maximum atomic E-state index is 11.4. The Morgan fingerprint density at radius 3 is 2.55 bits per heavy atom. The van der Waals surface area contributed by atoms with E-state index in [1.165, 1.54) is 0 Å². The number of aliphatic hydroxyl groups is 1. The number of ether oxygens (including phenoxy) is 1. The maximum absolute atomic E-state index is 11.4. The molecule has 0 amide bonds. The lowest BCUT2D eigenvalue weighted by Gasteiger charge is -2.15. The Bertz CT molecular complexity index is 527. The van der Waals surface area contributed by atoms with Gasteiger partial charge in [0.15, 0.2) is 9.84 Å². The molecule has 0 saturated carbocycles. The summed E-state index contributed by atoms with van der Waals surface area (Å²) in [5.41, 5.74) is 1.14. The van der Waals surface area contributed by atoms with Crippen molar-refractivity contribution in [3.05, 3.63) is 29.8 Å². The number of sulfone groups is 1. The zero-order chi connectivity index (χ0) is 14.6. The summed E-state index contributed by atoms with van der Waals surface area (Å²) in [5, 5.41) is 13.0. The van der Waals surface area contributed by atoms with Crippen LogP contribution in [0.3, 0.4) is 0 Å². The SMILES string of the molecule is CCCNCc1ccc(OC2CS(=O)(=O)CC2O)cc1. The van der Waals surface area contributed by atoms with Gasteiger partial charge in [0.25, 0.3) is 0 Å². The number of aliphatic hydroxyl groups excluding tert-OH is 1. The van der Waals surface area contributed by atoms with E-state index in [0.29, 0.717) is 5.75 Å². The summed E-state index contributed by atoms with van der Waals surface area (Å²) in [4.78, 5) is 0. The normalized spacial score (nSPS) is 24.7. The molecule has 1 aromatic carbocycles. The van der Waals surface area contributed by atoms with Crippen LogP contribution in [0.4, 0.5) is 0 Å². The van der Waals surface area contributed by atoms with Crippen LogP contribution in [0.15, 0.2) is 24.3 Å². The van der Waals surface area contributed by atoms with Crippen LogP contribution in [-0.4, -0.2) is 43.8 Å². The highest BCUT2D eigenvalue weighted by Crippen LogP contribution is 2.20. The quantitative estimate of drug-likeness (QED) is 0.757. The second kappa shape index (κ2) is 6.56. The molecule has 0 spiro atoms. The van der Waals surface area contributed by atoms with E-state index < -0.39 is 22.0 Å². The third-order valence-corrected chi connectivity index (χ3v) is 4.92. The molecule has 112 valence electrons. The van der Waals surface area contributed by atoms with Gasteiger partial charge in [-0.25, -0.2) is 8.42 Å². The average molecular weight is 299 g/mol. The minimum absolute atomic E-state index is 0.117. The summed E-state index contributed by atoms with van der Waals surface area (Å²) < 4.78 is 28.3. The number of rotatable bonds is 6. The summed E-state index contributed by atoms with van der Waals surface area (Å²) in [6.45, 7) is 3.89. The van der Waals surface area contributed by atoms with Crippen molar-refractivity contribution in [3.8, 4) is 5.75 Å². The number of benzene rings is 1. The zero-order valence-electron chi connectivity index (χ0n) is 11.6. The molecule has 6 heteroatoms. The number of hydrogen-bond acceptors (Lipinski definition) is 5. The Morgan fingerprint density at radius 1 is 1.30 bits per heavy atom. The molecular formula is C14H21NO4S. The van der Waals surface area contributed by atoms with Crippen molar-refractivity contribution >= 4 is 9.84 Å². The van der Waals surface area contributed by atoms with Gasteiger partial charge < -0.3 is 15.2 Å². The van der Waals surface area contributed by atoms with Crippen molar-refractivity contribution in [2.24, 2.45) is 0 Å². The molecule has 5 nitrogen and oxygen atoms in total. The average Bonchev–Trinajstić information content (AvgIpc) is 2.65. The Kier molecular flexibility index (Phi) is 5.01. The molecule has 2 atom stereocenters. The highest BCUT2D eigenvalue weighted by atomic mass is 32.2. The summed E-state index contributed by atoms with van der Waals surface area (Å²) in [6.07, 6.45) is -0.509. The molecule has 0 bridgehead atoms.